The Morgan fingerprint density at radius 1 is 1.44 bits per heavy atom. The molecule has 1 saturated heterocycles. The highest BCUT2D eigenvalue weighted by atomic mass is 19.3. The fourth-order valence-electron chi connectivity index (χ4n) is 1.41. The maximum absolute atomic E-state index is 12.1. The van der Waals surface area contributed by atoms with Gasteiger partial charge < -0.3 is 14.7 Å². The maximum Gasteiger partial charge on any atom is 0.410 e. The second-order valence-electron chi connectivity index (χ2n) is 4.97. The molecule has 94 valence electrons. The van der Waals surface area contributed by atoms with Crippen LogP contribution in [-0.4, -0.2) is 47.3 Å². The van der Waals surface area contributed by atoms with Gasteiger partial charge in [0.25, 0.3) is 6.43 Å². The van der Waals surface area contributed by atoms with Crippen molar-refractivity contribution >= 4 is 6.09 Å². The maximum atomic E-state index is 12.1. The molecule has 0 saturated carbocycles. The Kier molecular flexibility index (Phi) is 3.72. The van der Waals surface area contributed by atoms with E-state index in [-0.39, 0.29) is 13.1 Å². The third-order valence-electron chi connectivity index (χ3n) is 2.30. The van der Waals surface area contributed by atoms with Crippen LogP contribution in [0.5, 0.6) is 0 Å². The number of ether oxygens (including phenoxy) is 1. The van der Waals surface area contributed by atoms with Crippen LogP contribution in [0.25, 0.3) is 0 Å². The van der Waals surface area contributed by atoms with E-state index < -0.39 is 30.1 Å². The zero-order valence-electron chi connectivity index (χ0n) is 9.61. The highest BCUT2D eigenvalue weighted by Crippen LogP contribution is 2.24. The molecule has 1 unspecified atom stereocenters. The summed E-state index contributed by atoms with van der Waals surface area (Å²) in [5.41, 5.74) is -0.594. The topological polar surface area (TPSA) is 49.8 Å². The Hall–Kier alpha value is -0.910. The number of halogens is 2. The lowest BCUT2D eigenvalue weighted by molar-refractivity contribution is -0.0857. The number of rotatable bonds is 2. The highest BCUT2D eigenvalue weighted by molar-refractivity contribution is 5.69. The Morgan fingerprint density at radius 3 is 2.31 bits per heavy atom. The normalized spacial score (nSPS) is 19.6. The van der Waals surface area contributed by atoms with Gasteiger partial charge >= 0.3 is 6.09 Å². The van der Waals surface area contributed by atoms with Gasteiger partial charge in [0.05, 0.1) is 0 Å². The van der Waals surface area contributed by atoms with Gasteiger partial charge in [-0.15, -0.1) is 0 Å². The van der Waals surface area contributed by atoms with Crippen molar-refractivity contribution in [2.24, 2.45) is 5.92 Å². The van der Waals surface area contributed by atoms with Crippen LogP contribution in [0.15, 0.2) is 0 Å². The molecule has 0 bridgehead atoms. The second kappa shape index (κ2) is 4.53. The SMILES string of the molecule is CC(C)(C)OC(=O)N1CC(C(O)C(F)F)C1. The molecular weight excluding hydrogens is 220 g/mol. The molecule has 0 radical (unpaired) electrons. The van der Waals surface area contributed by atoms with Crippen LogP contribution in [0.1, 0.15) is 20.8 Å². The summed E-state index contributed by atoms with van der Waals surface area (Å²) in [6, 6.07) is 0. The lowest BCUT2D eigenvalue weighted by Gasteiger charge is -2.41. The minimum atomic E-state index is -2.76. The minimum Gasteiger partial charge on any atom is -0.444 e. The summed E-state index contributed by atoms with van der Waals surface area (Å²) in [6.07, 6.45) is -4.94. The zero-order valence-corrected chi connectivity index (χ0v) is 9.61. The molecule has 0 aromatic rings. The van der Waals surface area contributed by atoms with Crippen LogP contribution < -0.4 is 0 Å². The molecule has 0 aromatic heterocycles. The number of hydrogen-bond donors (Lipinski definition) is 1. The van der Waals surface area contributed by atoms with Crippen molar-refractivity contribution in [2.45, 2.75) is 38.9 Å². The number of likely N-dealkylation sites (tertiary alicyclic amines) is 1. The van der Waals surface area contributed by atoms with E-state index in [1.807, 2.05) is 0 Å². The minimum absolute atomic E-state index is 0.125. The number of aliphatic hydroxyl groups excluding tert-OH is 1. The van der Waals surface area contributed by atoms with Crippen molar-refractivity contribution in [3.05, 3.63) is 0 Å². The molecule has 1 rings (SSSR count). The third kappa shape index (κ3) is 3.30. The first-order valence-electron chi connectivity index (χ1n) is 5.15. The van der Waals surface area contributed by atoms with Crippen molar-refractivity contribution in [1.29, 1.82) is 0 Å². The first-order chi connectivity index (χ1) is 7.20. The molecule has 1 N–H and O–H groups in total. The van der Waals surface area contributed by atoms with Crippen LogP contribution in [-0.2, 0) is 4.74 Å². The van der Waals surface area contributed by atoms with E-state index in [1.165, 1.54) is 4.90 Å². The number of carbonyl (C=O) groups excluding carboxylic acids is 1. The molecule has 0 aromatic carbocycles. The van der Waals surface area contributed by atoms with Gasteiger partial charge in [0.1, 0.15) is 11.7 Å². The van der Waals surface area contributed by atoms with Crippen molar-refractivity contribution in [2.75, 3.05) is 13.1 Å². The van der Waals surface area contributed by atoms with E-state index in [4.69, 9.17) is 9.84 Å². The van der Waals surface area contributed by atoms with E-state index in [0.29, 0.717) is 0 Å². The Morgan fingerprint density at radius 2 is 1.94 bits per heavy atom. The van der Waals surface area contributed by atoms with E-state index in [2.05, 4.69) is 0 Å². The molecule has 1 fully saturated rings. The van der Waals surface area contributed by atoms with Crippen molar-refractivity contribution in [3.63, 3.8) is 0 Å². The lowest BCUT2D eigenvalue weighted by Crippen LogP contribution is -2.56. The Balaban J connectivity index is 2.33. The number of aliphatic hydroxyl groups is 1. The van der Waals surface area contributed by atoms with Gasteiger partial charge in [-0.3, -0.25) is 0 Å². The van der Waals surface area contributed by atoms with E-state index >= 15 is 0 Å². The largest absolute Gasteiger partial charge is 0.444 e. The molecule has 6 heteroatoms. The van der Waals surface area contributed by atoms with E-state index in [1.54, 1.807) is 20.8 Å². The van der Waals surface area contributed by atoms with Crippen LogP contribution in [0.4, 0.5) is 13.6 Å². The van der Waals surface area contributed by atoms with Gasteiger partial charge in [-0.05, 0) is 20.8 Å². The summed E-state index contributed by atoms with van der Waals surface area (Å²) in [7, 11) is 0. The summed E-state index contributed by atoms with van der Waals surface area (Å²) < 4.78 is 29.3. The Labute approximate surface area is 93.2 Å². The molecule has 1 aliphatic rings. The van der Waals surface area contributed by atoms with Crippen LogP contribution in [0, 0.1) is 5.92 Å². The predicted octanol–water partition coefficient (Wildman–Crippen LogP) is 1.48. The lowest BCUT2D eigenvalue weighted by atomic mass is 9.94. The fraction of sp³-hybridized carbons (Fsp3) is 0.900. The first-order valence-corrected chi connectivity index (χ1v) is 5.15. The average molecular weight is 237 g/mol. The number of alkyl halides is 2. The molecule has 0 spiro atoms. The molecule has 0 aliphatic carbocycles. The van der Waals surface area contributed by atoms with Gasteiger partial charge in [0, 0.05) is 19.0 Å². The van der Waals surface area contributed by atoms with Crippen molar-refractivity contribution in [1.82, 2.24) is 4.90 Å². The first kappa shape index (κ1) is 13.2. The van der Waals surface area contributed by atoms with Gasteiger partial charge in [-0.2, -0.15) is 0 Å². The summed E-state index contributed by atoms with van der Waals surface area (Å²) >= 11 is 0. The standard InChI is InChI=1S/C10H17F2NO3/c1-10(2,3)16-9(15)13-4-6(5-13)7(14)8(11)12/h6-8,14H,4-5H2,1-3H3. The molecule has 4 nitrogen and oxygen atoms in total. The summed E-state index contributed by atoms with van der Waals surface area (Å²) in [4.78, 5) is 12.7. The number of amides is 1. The van der Waals surface area contributed by atoms with Gasteiger partial charge in [-0.25, -0.2) is 13.6 Å². The molecule has 1 heterocycles. The summed E-state index contributed by atoms with van der Waals surface area (Å²) in [5, 5.41) is 9.05. The van der Waals surface area contributed by atoms with Crippen molar-refractivity contribution in [3.8, 4) is 0 Å². The summed E-state index contributed by atoms with van der Waals surface area (Å²) in [5.74, 6) is -0.549. The van der Waals surface area contributed by atoms with Gasteiger partial charge in [-0.1, -0.05) is 0 Å². The van der Waals surface area contributed by atoms with Crippen LogP contribution in [0.3, 0.4) is 0 Å². The monoisotopic (exact) mass is 237 g/mol. The molecule has 1 atom stereocenters. The molecular formula is C10H17F2NO3. The quantitative estimate of drug-likeness (QED) is 0.791. The van der Waals surface area contributed by atoms with Crippen LogP contribution >= 0.6 is 0 Å². The molecule has 16 heavy (non-hydrogen) atoms. The van der Waals surface area contributed by atoms with E-state index in [0.717, 1.165) is 0 Å². The van der Waals surface area contributed by atoms with Crippen molar-refractivity contribution < 1.29 is 23.4 Å². The predicted molar refractivity (Wildman–Crippen MR) is 53.3 cm³/mol. The second-order valence-corrected chi connectivity index (χ2v) is 4.97. The molecule has 1 amide bonds. The van der Waals surface area contributed by atoms with Gasteiger partial charge in [0.2, 0.25) is 0 Å². The smallest absolute Gasteiger partial charge is 0.410 e. The Bertz CT molecular complexity index is 259. The number of hydrogen-bond acceptors (Lipinski definition) is 3. The van der Waals surface area contributed by atoms with E-state index in [9.17, 15) is 13.6 Å². The third-order valence-corrected chi connectivity index (χ3v) is 2.30. The summed E-state index contributed by atoms with van der Waals surface area (Å²) in [6.45, 7) is 5.45. The molecule has 1 aliphatic heterocycles. The van der Waals surface area contributed by atoms with Gasteiger partial charge in [0.15, 0.2) is 0 Å². The fourth-order valence-corrected chi connectivity index (χ4v) is 1.41. The highest BCUT2D eigenvalue weighted by Gasteiger charge is 2.40. The van der Waals surface area contributed by atoms with Crippen LogP contribution in [0.2, 0.25) is 0 Å². The average Bonchev–Trinajstić information content (AvgIpc) is 1.96. The number of carbonyl (C=O) groups is 1. The number of nitrogens with zero attached hydrogens (tertiary/aromatic N) is 1. The zero-order chi connectivity index (χ0) is 12.5.